The van der Waals surface area contributed by atoms with E-state index in [1.54, 1.807) is 0 Å². The number of fused-ring (bicyclic) bond motifs is 3. The maximum atomic E-state index is 4.27. The Hall–Kier alpha value is -2.59. The van der Waals surface area contributed by atoms with Gasteiger partial charge in [0.05, 0.1) is 5.70 Å². The van der Waals surface area contributed by atoms with E-state index in [-0.39, 0.29) is 51.0 Å². The summed E-state index contributed by atoms with van der Waals surface area (Å²) in [4.78, 5) is 9.96. The third-order valence-corrected chi connectivity index (χ3v) is 9.87. The van der Waals surface area contributed by atoms with Gasteiger partial charge < -0.3 is 24.8 Å². The first-order valence-corrected chi connectivity index (χ1v) is 15.9. The second kappa shape index (κ2) is 16.6. The van der Waals surface area contributed by atoms with E-state index in [9.17, 15) is 0 Å². The molecule has 2 aromatic heterocycles. The fourth-order valence-electron chi connectivity index (χ4n) is 5.13. The minimum Gasteiger partial charge on any atom is -1.00 e. The average Bonchev–Trinajstić information content (AvgIpc) is 3.83. The number of halogens is 2. The molecule has 1 nitrogen and oxygen atoms in total. The molecule has 4 aromatic carbocycles. The SMILES string of the molecule is CC1=NC2=CC=CC2=C1.CCc1ccc(-c2cc3ccccc3[cH-]2)s1.CCc1ccc(-c2cc3ccccc3[cH-]2)s1.[Cl-].[Cl-].[Zr+4]. The van der Waals surface area contributed by atoms with Crippen LogP contribution < -0.4 is 24.8 Å². The van der Waals surface area contributed by atoms with Crippen molar-refractivity contribution in [2.75, 3.05) is 0 Å². The van der Waals surface area contributed by atoms with Crippen molar-refractivity contribution < 1.29 is 51.0 Å². The van der Waals surface area contributed by atoms with Gasteiger partial charge in [-0.15, -0.1) is 69.1 Å². The zero-order valence-electron chi connectivity index (χ0n) is 25.0. The van der Waals surface area contributed by atoms with E-state index in [0.29, 0.717) is 0 Å². The van der Waals surface area contributed by atoms with Crippen molar-refractivity contribution in [3.8, 4) is 20.9 Å². The first kappa shape index (κ1) is 35.9. The fraction of sp³-hybridized carbons (Fsp3) is 0.132. The molecule has 220 valence electrons. The van der Waals surface area contributed by atoms with Crippen molar-refractivity contribution in [2.45, 2.75) is 33.6 Å². The van der Waals surface area contributed by atoms with Crippen LogP contribution in [-0.2, 0) is 39.0 Å². The van der Waals surface area contributed by atoms with Gasteiger partial charge in [-0.1, -0.05) is 86.7 Å². The van der Waals surface area contributed by atoms with Crippen molar-refractivity contribution in [3.05, 3.63) is 142 Å². The Bertz CT molecular complexity index is 1760. The molecule has 8 rings (SSSR count). The molecule has 3 heterocycles. The number of aryl methyl sites for hydroxylation is 2. The maximum absolute atomic E-state index is 4.27. The molecule has 0 saturated carbocycles. The van der Waals surface area contributed by atoms with Gasteiger partial charge in [-0.2, -0.15) is 22.7 Å². The summed E-state index contributed by atoms with van der Waals surface area (Å²) >= 11 is 3.80. The summed E-state index contributed by atoms with van der Waals surface area (Å²) in [7, 11) is 0. The Morgan fingerprint density at radius 1 is 0.682 bits per heavy atom. The largest absolute Gasteiger partial charge is 4.00 e. The summed E-state index contributed by atoms with van der Waals surface area (Å²) in [6.45, 7) is 6.42. The normalized spacial score (nSPS) is 12.4. The third kappa shape index (κ3) is 8.36. The van der Waals surface area contributed by atoms with Gasteiger partial charge in [0.25, 0.3) is 0 Å². The van der Waals surface area contributed by atoms with E-state index in [0.717, 1.165) is 24.3 Å². The second-order valence-corrected chi connectivity index (χ2v) is 12.6. The molecule has 44 heavy (non-hydrogen) atoms. The molecule has 0 spiro atoms. The first-order valence-electron chi connectivity index (χ1n) is 14.2. The molecule has 0 atom stereocenters. The summed E-state index contributed by atoms with van der Waals surface area (Å²) in [6.07, 6.45) is 10.5. The number of hydrogen-bond donors (Lipinski definition) is 0. The molecule has 0 unspecified atom stereocenters. The Balaban J connectivity index is 0.000000181. The van der Waals surface area contributed by atoms with Crippen LogP contribution >= 0.6 is 22.7 Å². The molecule has 0 amide bonds. The van der Waals surface area contributed by atoms with Gasteiger partial charge in [0, 0.05) is 11.3 Å². The number of thiophene rings is 2. The van der Waals surface area contributed by atoms with Crippen LogP contribution in [0.15, 0.2) is 138 Å². The predicted octanol–water partition coefficient (Wildman–Crippen LogP) is 5.55. The fourth-order valence-corrected chi connectivity index (χ4v) is 7.00. The minimum atomic E-state index is 0. The van der Waals surface area contributed by atoms with Crippen LogP contribution in [0.5, 0.6) is 0 Å². The van der Waals surface area contributed by atoms with Crippen LogP contribution in [0.2, 0.25) is 0 Å². The van der Waals surface area contributed by atoms with Gasteiger partial charge in [0.1, 0.15) is 0 Å². The van der Waals surface area contributed by atoms with Gasteiger partial charge in [0.2, 0.25) is 0 Å². The summed E-state index contributed by atoms with van der Waals surface area (Å²) < 4.78 is 0. The van der Waals surface area contributed by atoms with Gasteiger partial charge >= 0.3 is 26.2 Å². The van der Waals surface area contributed by atoms with Gasteiger partial charge in [-0.05, 0) is 51.4 Å². The van der Waals surface area contributed by atoms with E-state index < -0.39 is 0 Å². The molecule has 1 aliphatic carbocycles. The molecular formula is C38H33Cl2NS2Zr. The number of aliphatic imine (C=N–C) groups is 1. The van der Waals surface area contributed by atoms with Crippen LogP contribution in [0.1, 0.15) is 30.5 Å². The van der Waals surface area contributed by atoms with Gasteiger partial charge in [0.15, 0.2) is 0 Å². The molecule has 0 fully saturated rings. The second-order valence-electron chi connectivity index (χ2n) is 10.2. The van der Waals surface area contributed by atoms with Crippen LogP contribution in [-0.4, -0.2) is 5.71 Å². The standard InChI is InChI=1S/2C15H13S.C8H7N.2ClH.Zr/c2*1-2-14-7-8-15(16-14)13-9-11-5-3-4-6-12(11)10-13;1-6-5-7-3-2-4-8(7)9-6;;;/h2*3-10H,2H2,1H3;2-5H,1H3;2*1H;/q2*-1;;;;+4/p-2. The zero-order chi connectivity index (χ0) is 28.2. The Labute approximate surface area is 300 Å². The van der Waals surface area contributed by atoms with Gasteiger partial charge in [-0.25, -0.2) is 0 Å². The van der Waals surface area contributed by atoms with E-state index in [1.807, 2.05) is 41.7 Å². The Morgan fingerprint density at radius 2 is 1.18 bits per heavy atom. The monoisotopic (exact) mass is 727 g/mol. The van der Waals surface area contributed by atoms with Crippen LogP contribution in [0.3, 0.4) is 0 Å². The van der Waals surface area contributed by atoms with Crippen molar-refractivity contribution in [2.24, 2.45) is 4.99 Å². The number of allylic oxidation sites excluding steroid dienone is 4. The van der Waals surface area contributed by atoms with E-state index in [2.05, 4.69) is 128 Å². The van der Waals surface area contributed by atoms with E-state index >= 15 is 0 Å². The van der Waals surface area contributed by atoms with Crippen molar-refractivity contribution in [1.82, 2.24) is 0 Å². The smallest absolute Gasteiger partial charge is 1.00 e. The number of nitrogens with zero attached hydrogens (tertiary/aromatic N) is 1. The summed E-state index contributed by atoms with van der Waals surface area (Å²) in [6, 6.07) is 35.1. The van der Waals surface area contributed by atoms with Crippen LogP contribution in [0.25, 0.3) is 42.4 Å². The minimum absolute atomic E-state index is 0. The molecule has 6 heteroatoms. The van der Waals surface area contributed by atoms with Crippen LogP contribution in [0.4, 0.5) is 0 Å². The Morgan fingerprint density at radius 3 is 1.61 bits per heavy atom. The topological polar surface area (TPSA) is 12.4 Å². The molecule has 0 N–H and O–H groups in total. The van der Waals surface area contributed by atoms with E-state index in [4.69, 9.17) is 0 Å². The molecule has 2 aliphatic rings. The Kier molecular flexibility index (Phi) is 13.6. The maximum Gasteiger partial charge on any atom is 4.00 e. The molecule has 0 bridgehead atoms. The van der Waals surface area contributed by atoms with Crippen molar-refractivity contribution in [1.29, 1.82) is 0 Å². The molecular weight excluding hydrogens is 697 g/mol. The number of rotatable bonds is 4. The first-order chi connectivity index (χ1) is 20.1. The van der Waals surface area contributed by atoms with Crippen molar-refractivity contribution >= 4 is 49.9 Å². The predicted molar refractivity (Wildman–Crippen MR) is 183 cm³/mol. The number of hydrogen-bond acceptors (Lipinski definition) is 3. The molecule has 0 radical (unpaired) electrons. The van der Waals surface area contributed by atoms with E-state index in [1.165, 1.54) is 57.8 Å². The molecule has 6 aromatic rings. The van der Waals surface area contributed by atoms with Crippen molar-refractivity contribution in [3.63, 3.8) is 0 Å². The van der Waals surface area contributed by atoms with Crippen LogP contribution in [0, 0.1) is 0 Å². The summed E-state index contributed by atoms with van der Waals surface area (Å²) in [5.74, 6) is 0. The third-order valence-electron chi connectivity index (χ3n) is 7.31. The average molecular weight is 730 g/mol. The zero-order valence-corrected chi connectivity index (χ0v) is 30.6. The quantitative estimate of drug-likeness (QED) is 0.212. The summed E-state index contributed by atoms with van der Waals surface area (Å²) in [5.41, 5.74) is 6.19. The van der Waals surface area contributed by atoms with Gasteiger partial charge in [-0.3, -0.25) is 4.99 Å². The summed E-state index contributed by atoms with van der Waals surface area (Å²) in [5, 5.41) is 5.35. The number of benzene rings is 2. The molecule has 1 aliphatic heterocycles. The molecule has 0 saturated heterocycles.